The van der Waals surface area contributed by atoms with Crippen LogP contribution < -0.4 is 19.5 Å². The zero-order valence-corrected chi connectivity index (χ0v) is 15.5. The fourth-order valence-corrected chi connectivity index (χ4v) is 3.52. The fraction of sp³-hybridized carbons (Fsp3) is 0.333. The van der Waals surface area contributed by atoms with Crippen LogP contribution in [-0.2, 0) is 10.0 Å². The lowest BCUT2D eigenvalue weighted by Crippen LogP contribution is -2.16. The second kappa shape index (κ2) is 8.62. The lowest BCUT2D eigenvalue weighted by Gasteiger charge is -2.13. The van der Waals surface area contributed by atoms with Gasteiger partial charge in [-0.15, -0.1) is 0 Å². The number of benzene rings is 2. The first kappa shape index (κ1) is 18.9. The Bertz CT molecular complexity index is 789. The molecule has 0 fully saturated rings. The minimum Gasteiger partial charge on any atom is -0.497 e. The lowest BCUT2D eigenvalue weighted by atomic mass is 10.2. The van der Waals surface area contributed by atoms with Gasteiger partial charge < -0.3 is 14.8 Å². The van der Waals surface area contributed by atoms with Gasteiger partial charge in [0.25, 0.3) is 0 Å². The van der Waals surface area contributed by atoms with E-state index in [1.54, 1.807) is 38.5 Å². The van der Waals surface area contributed by atoms with Crippen molar-refractivity contribution in [2.75, 3.05) is 30.0 Å². The first-order chi connectivity index (χ1) is 12.0. The summed E-state index contributed by atoms with van der Waals surface area (Å²) in [7, 11) is -0.0945. The quantitative estimate of drug-likeness (QED) is 0.703. The van der Waals surface area contributed by atoms with Crippen LogP contribution in [0.2, 0.25) is 0 Å². The van der Waals surface area contributed by atoms with Gasteiger partial charge in [0.05, 0.1) is 25.7 Å². The maximum atomic E-state index is 11.9. The van der Waals surface area contributed by atoms with Crippen molar-refractivity contribution in [3.63, 3.8) is 0 Å². The van der Waals surface area contributed by atoms with E-state index in [4.69, 9.17) is 9.47 Å². The zero-order valence-electron chi connectivity index (χ0n) is 14.7. The fourth-order valence-electron chi connectivity index (χ4n) is 2.25. The average molecular weight is 364 g/mol. The summed E-state index contributed by atoms with van der Waals surface area (Å²) in [5.74, 6) is 1.53. The molecule has 0 saturated carbocycles. The minimum atomic E-state index is -3.30. The molecule has 2 N–H and O–H groups in total. The maximum absolute atomic E-state index is 11.9. The predicted molar refractivity (Wildman–Crippen MR) is 102 cm³/mol. The number of anilines is 3. The molecule has 136 valence electrons. The van der Waals surface area contributed by atoms with Crippen LogP contribution in [0.1, 0.15) is 19.8 Å². The smallest absolute Gasteiger partial charge is 0.232 e. The van der Waals surface area contributed by atoms with Crippen LogP contribution in [-0.4, -0.2) is 28.4 Å². The molecule has 7 heteroatoms. The van der Waals surface area contributed by atoms with Gasteiger partial charge in [-0.05, 0) is 42.8 Å². The third-order valence-corrected chi connectivity index (χ3v) is 4.98. The Hall–Kier alpha value is -2.41. The van der Waals surface area contributed by atoms with E-state index in [1.807, 2.05) is 25.1 Å². The third kappa shape index (κ3) is 5.56. The summed E-state index contributed by atoms with van der Waals surface area (Å²) in [6.07, 6.45) is 1.48. The molecule has 0 bridgehead atoms. The van der Waals surface area contributed by atoms with Crippen molar-refractivity contribution in [2.45, 2.75) is 19.8 Å². The van der Waals surface area contributed by atoms with Gasteiger partial charge in [0.2, 0.25) is 10.0 Å². The molecule has 0 heterocycles. The molecular formula is C18H24N2O4S. The zero-order chi connectivity index (χ0) is 18.3. The predicted octanol–water partition coefficient (Wildman–Crippen LogP) is 3.99. The Morgan fingerprint density at radius 1 is 0.960 bits per heavy atom. The molecule has 2 aromatic carbocycles. The van der Waals surface area contributed by atoms with E-state index < -0.39 is 10.0 Å². The van der Waals surface area contributed by atoms with E-state index in [0.29, 0.717) is 23.6 Å². The number of unbranched alkanes of at least 4 members (excludes halogenated alkanes) is 1. The van der Waals surface area contributed by atoms with Crippen molar-refractivity contribution in [3.8, 4) is 11.5 Å². The highest BCUT2D eigenvalue weighted by atomic mass is 32.2. The summed E-state index contributed by atoms with van der Waals surface area (Å²) in [6, 6.07) is 12.5. The van der Waals surface area contributed by atoms with Crippen LogP contribution in [0.3, 0.4) is 0 Å². The Kier molecular flexibility index (Phi) is 6.52. The second-order valence-corrected chi connectivity index (χ2v) is 7.38. The molecule has 2 aromatic rings. The largest absolute Gasteiger partial charge is 0.497 e. The Balaban J connectivity index is 2.10. The van der Waals surface area contributed by atoms with E-state index in [-0.39, 0.29) is 5.75 Å². The highest BCUT2D eigenvalue weighted by molar-refractivity contribution is 7.92. The summed E-state index contributed by atoms with van der Waals surface area (Å²) in [5.41, 5.74) is 2.11. The summed E-state index contributed by atoms with van der Waals surface area (Å²) in [4.78, 5) is 0. The Morgan fingerprint density at radius 3 is 2.24 bits per heavy atom. The van der Waals surface area contributed by atoms with Crippen LogP contribution in [0.25, 0.3) is 0 Å². The van der Waals surface area contributed by atoms with Crippen molar-refractivity contribution in [3.05, 3.63) is 42.5 Å². The normalized spacial score (nSPS) is 11.0. The van der Waals surface area contributed by atoms with Gasteiger partial charge >= 0.3 is 0 Å². The molecule has 0 aliphatic rings. The number of hydrogen-bond acceptors (Lipinski definition) is 5. The number of hydrogen-bond donors (Lipinski definition) is 2. The van der Waals surface area contributed by atoms with Crippen LogP contribution in [0.4, 0.5) is 17.1 Å². The monoisotopic (exact) mass is 364 g/mol. The number of rotatable bonds is 9. The Morgan fingerprint density at radius 2 is 1.64 bits per heavy atom. The van der Waals surface area contributed by atoms with Gasteiger partial charge in [-0.3, -0.25) is 4.72 Å². The first-order valence-electron chi connectivity index (χ1n) is 8.07. The standard InChI is InChI=1S/C18H24N2O4S/c1-4-5-12-25(21,22)20-15-8-6-14(7-9-15)19-17-13-16(23-2)10-11-18(17)24-3/h6-11,13,19-20H,4-5,12H2,1-3H3. The van der Waals surface area contributed by atoms with Crippen LogP contribution in [0.15, 0.2) is 42.5 Å². The SMILES string of the molecule is CCCCS(=O)(=O)Nc1ccc(Nc2cc(OC)ccc2OC)cc1. The lowest BCUT2D eigenvalue weighted by molar-refractivity contribution is 0.405. The average Bonchev–Trinajstić information content (AvgIpc) is 2.61. The minimum absolute atomic E-state index is 0.129. The number of sulfonamides is 1. The summed E-state index contributed by atoms with van der Waals surface area (Å²) in [6.45, 7) is 1.96. The van der Waals surface area contributed by atoms with Crippen molar-refractivity contribution < 1.29 is 17.9 Å². The molecule has 0 atom stereocenters. The van der Waals surface area contributed by atoms with Gasteiger partial charge in [-0.1, -0.05) is 13.3 Å². The molecule has 25 heavy (non-hydrogen) atoms. The molecule has 0 saturated heterocycles. The molecule has 2 rings (SSSR count). The van der Waals surface area contributed by atoms with E-state index in [9.17, 15) is 8.42 Å². The van der Waals surface area contributed by atoms with Crippen molar-refractivity contribution in [2.24, 2.45) is 0 Å². The van der Waals surface area contributed by atoms with Gasteiger partial charge in [0.1, 0.15) is 11.5 Å². The number of ether oxygens (including phenoxy) is 2. The summed E-state index contributed by atoms with van der Waals surface area (Å²) in [5, 5.41) is 3.24. The molecule has 6 nitrogen and oxygen atoms in total. The molecule has 0 amide bonds. The number of methoxy groups -OCH3 is 2. The van der Waals surface area contributed by atoms with Crippen LogP contribution >= 0.6 is 0 Å². The first-order valence-corrected chi connectivity index (χ1v) is 9.72. The molecule has 0 aliphatic heterocycles. The van der Waals surface area contributed by atoms with Gasteiger partial charge in [-0.25, -0.2) is 8.42 Å². The topological polar surface area (TPSA) is 76.7 Å². The van der Waals surface area contributed by atoms with E-state index in [2.05, 4.69) is 10.0 Å². The maximum Gasteiger partial charge on any atom is 0.232 e. The Labute approximate surface area is 149 Å². The van der Waals surface area contributed by atoms with Crippen molar-refractivity contribution in [1.82, 2.24) is 0 Å². The second-order valence-electron chi connectivity index (χ2n) is 5.54. The highest BCUT2D eigenvalue weighted by Gasteiger charge is 2.10. The van der Waals surface area contributed by atoms with Gasteiger partial charge in [0.15, 0.2) is 0 Å². The van der Waals surface area contributed by atoms with E-state index in [0.717, 1.165) is 17.8 Å². The van der Waals surface area contributed by atoms with E-state index >= 15 is 0 Å². The molecule has 0 unspecified atom stereocenters. The van der Waals surface area contributed by atoms with Crippen LogP contribution in [0.5, 0.6) is 11.5 Å². The van der Waals surface area contributed by atoms with Gasteiger partial charge in [0, 0.05) is 17.4 Å². The molecule has 0 aromatic heterocycles. The van der Waals surface area contributed by atoms with Crippen LogP contribution in [0, 0.1) is 0 Å². The highest BCUT2D eigenvalue weighted by Crippen LogP contribution is 2.31. The number of nitrogens with one attached hydrogen (secondary N) is 2. The molecular weight excluding hydrogens is 340 g/mol. The van der Waals surface area contributed by atoms with Crippen molar-refractivity contribution >= 4 is 27.1 Å². The third-order valence-electron chi connectivity index (χ3n) is 3.61. The molecule has 0 radical (unpaired) electrons. The van der Waals surface area contributed by atoms with E-state index in [1.165, 1.54) is 0 Å². The summed E-state index contributed by atoms with van der Waals surface area (Å²) >= 11 is 0. The van der Waals surface area contributed by atoms with Gasteiger partial charge in [-0.2, -0.15) is 0 Å². The summed E-state index contributed by atoms with van der Waals surface area (Å²) < 4.78 is 37.0. The molecule has 0 spiro atoms. The van der Waals surface area contributed by atoms with Crippen molar-refractivity contribution in [1.29, 1.82) is 0 Å². The molecule has 0 aliphatic carbocycles.